The number of ether oxygens (including phenoxy) is 2. The molecule has 2 atom stereocenters. The van der Waals surface area contributed by atoms with Crippen molar-refractivity contribution < 1.29 is 19.1 Å². The van der Waals surface area contributed by atoms with E-state index in [1.54, 1.807) is 0 Å². The Bertz CT molecular complexity index is 688. The average Bonchev–Trinajstić information content (AvgIpc) is 3.06. The van der Waals surface area contributed by atoms with E-state index in [4.69, 9.17) is 14.6 Å². The Kier molecular flexibility index (Phi) is 10.0. The normalized spacial score (nSPS) is 20.0. The molecular formula is C25H50N2O4Si2. The molecule has 0 saturated carbocycles. The van der Waals surface area contributed by atoms with Gasteiger partial charge in [-0.2, -0.15) is 5.10 Å². The van der Waals surface area contributed by atoms with E-state index in [-0.39, 0.29) is 11.9 Å². The highest BCUT2D eigenvalue weighted by molar-refractivity contribution is 7.10. The molecule has 0 unspecified atom stereocenters. The largest absolute Gasteiger partial charge is 0.468 e. The van der Waals surface area contributed by atoms with Crippen LogP contribution < -0.4 is 0 Å². The summed E-state index contributed by atoms with van der Waals surface area (Å²) in [5.41, 5.74) is 2.07. The van der Waals surface area contributed by atoms with Gasteiger partial charge in [-0.25, -0.2) is 4.79 Å². The Morgan fingerprint density at radius 2 is 1.06 bits per heavy atom. The van der Waals surface area contributed by atoms with E-state index < -0.39 is 28.3 Å². The standard InChI is InChI=1S/C25H50N2O4Si2/c1-15(2)32(16(3)4,17(5)6)23-21(24(28)30-13)22(25(29)31-14)27(26-23)33(18(7)8,19(9)10)20(11)12/h15-22H,1-14H3/t21-,22+/m0/s1. The quantitative estimate of drug-likeness (QED) is 0.258. The van der Waals surface area contributed by atoms with Gasteiger partial charge in [0.15, 0.2) is 14.3 Å². The van der Waals surface area contributed by atoms with Crippen LogP contribution in [0.15, 0.2) is 5.10 Å². The monoisotopic (exact) mass is 498 g/mol. The zero-order valence-corrected chi connectivity index (χ0v) is 25.6. The van der Waals surface area contributed by atoms with Crippen LogP contribution >= 0.6 is 0 Å². The third-order valence-corrected chi connectivity index (χ3v) is 22.2. The number of esters is 2. The number of nitrogens with zero attached hydrogens (tertiary/aromatic N) is 2. The maximum absolute atomic E-state index is 13.5. The average molecular weight is 499 g/mol. The summed E-state index contributed by atoms with van der Waals surface area (Å²) in [6.45, 7) is 27.1. The number of methoxy groups -OCH3 is 2. The molecule has 0 amide bonds. The minimum Gasteiger partial charge on any atom is -0.468 e. The second-order valence-corrected chi connectivity index (χ2v) is 23.1. The van der Waals surface area contributed by atoms with Crippen molar-refractivity contribution in [3.8, 4) is 0 Å². The Morgan fingerprint density at radius 1 is 0.697 bits per heavy atom. The maximum atomic E-state index is 13.5. The lowest BCUT2D eigenvalue weighted by atomic mass is 10.0. The van der Waals surface area contributed by atoms with Crippen molar-refractivity contribution in [2.75, 3.05) is 14.2 Å². The molecule has 192 valence electrons. The van der Waals surface area contributed by atoms with Crippen LogP contribution in [-0.4, -0.2) is 58.5 Å². The van der Waals surface area contributed by atoms with Gasteiger partial charge in [-0.3, -0.25) is 4.79 Å². The van der Waals surface area contributed by atoms with Crippen LogP contribution in [0.5, 0.6) is 0 Å². The number of hydrogen-bond donors (Lipinski definition) is 0. The lowest BCUT2D eigenvalue weighted by Gasteiger charge is -2.50. The van der Waals surface area contributed by atoms with E-state index in [0.29, 0.717) is 33.2 Å². The van der Waals surface area contributed by atoms with Gasteiger partial charge in [0, 0.05) is 5.33 Å². The summed E-state index contributed by atoms with van der Waals surface area (Å²) in [6.07, 6.45) is 0. The van der Waals surface area contributed by atoms with E-state index in [1.165, 1.54) is 14.2 Å². The van der Waals surface area contributed by atoms with Gasteiger partial charge in [-0.15, -0.1) is 0 Å². The number of rotatable bonds is 10. The minimum absolute atomic E-state index is 0.333. The highest BCUT2D eigenvalue weighted by atomic mass is 28.3. The fourth-order valence-electron chi connectivity index (χ4n) is 7.62. The first-order valence-corrected chi connectivity index (χ1v) is 17.1. The number of carbonyl (C=O) groups excluding carboxylic acids is 2. The molecule has 1 aliphatic heterocycles. The van der Waals surface area contributed by atoms with Crippen molar-refractivity contribution in [2.45, 2.75) is 122 Å². The maximum Gasteiger partial charge on any atom is 0.330 e. The molecule has 8 heteroatoms. The molecule has 0 aliphatic carbocycles. The van der Waals surface area contributed by atoms with Crippen LogP contribution in [0, 0.1) is 5.92 Å². The Hall–Kier alpha value is -1.16. The predicted molar refractivity (Wildman–Crippen MR) is 143 cm³/mol. The van der Waals surface area contributed by atoms with Crippen LogP contribution in [0.3, 0.4) is 0 Å². The predicted octanol–water partition coefficient (Wildman–Crippen LogP) is 6.38. The Morgan fingerprint density at radius 3 is 1.33 bits per heavy atom. The second kappa shape index (κ2) is 11.1. The fourth-order valence-corrected chi connectivity index (χ4v) is 21.2. The topological polar surface area (TPSA) is 68.2 Å². The van der Waals surface area contributed by atoms with E-state index in [1.807, 2.05) is 0 Å². The first-order chi connectivity index (χ1) is 15.1. The summed E-state index contributed by atoms with van der Waals surface area (Å²) in [5.74, 6) is -1.48. The Balaban J connectivity index is 4.19. The summed E-state index contributed by atoms with van der Waals surface area (Å²) in [6, 6.07) is -0.764. The molecule has 6 nitrogen and oxygen atoms in total. The third-order valence-electron chi connectivity index (χ3n) is 8.47. The highest BCUT2D eigenvalue weighted by Crippen LogP contribution is 2.52. The van der Waals surface area contributed by atoms with Crippen LogP contribution in [0.1, 0.15) is 83.1 Å². The second-order valence-electron chi connectivity index (χ2n) is 11.5. The summed E-state index contributed by atoms with van der Waals surface area (Å²) in [4.78, 5) is 26.9. The molecule has 0 bridgehead atoms. The van der Waals surface area contributed by atoms with Gasteiger partial charge in [0.1, 0.15) is 14.0 Å². The first-order valence-electron chi connectivity index (χ1n) is 12.6. The lowest BCUT2D eigenvalue weighted by Crippen LogP contribution is -2.63. The smallest absolute Gasteiger partial charge is 0.330 e. The van der Waals surface area contributed by atoms with Crippen molar-refractivity contribution in [1.29, 1.82) is 0 Å². The van der Waals surface area contributed by atoms with Crippen molar-refractivity contribution >= 4 is 33.6 Å². The third kappa shape index (κ3) is 4.58. The molecular weight excluding hydrogens is 448 g/mol. The van der Waals surface area contributed by atoms with Crippen LogP contribution in [-0.2, 0) is 19.1 Å². The molecule has 33 heavy (non-hydrogen) atoms. The SMILES string of the molecule is COC(=O)[C@@H]1C([Si](C(C)C)(C(C)C)C(C)C)=NN([Si](C(C)C)(C(C)C)C(C)C)[C@H]1C(=O)OC. The molecule has 1 rings (SSSR count). The first kappa shape index (κ1) is 29.9. The molecule has 0 fully saturated rings. The molecule has 1 heterocycles. The summed E-state index contributed by atoms with van der Waals surface area (Å²) in [5, 5.41) is 6.37. The van der Waals surface area contributed by atoms with Crippen molar-refractivity contribution in [3.63, 3.8) is 0 Å². The van der Waals surface area contributed by atoms with Crippen LogP contribution in [0.2, 0.25) is 33.2 Å². The van der Waals surface area contributed by atoms with Gasteiger partial charge in [0.05, 0.1) is 14.2 Å². The zero-order valence-electron chi connectivity index (χ0n) is 23.6. The van der Waals surface area contributed by atoms with Gasteiger partial charge in [-0.1, -0.05) is 83.1 Å². The number of hydrogen-bond acceptors (Lipinski definition) is 6. The molecule has 0 N–H and O–H groups in total. The van der Waals surface area contributed by atoms with Gasteiger partial charge in [0.2, 0.25) is 0 Å². The summed E-state index contributed by atoms with van der Waals surface area (Å²) >= 11 is 0. The van der Waals surface area contributed by atoms with E-state index in [9.17, 15) is 9.59 Å². The van der Waals surface area contributed by atoms with E-state index >= 15 is 0 Å². The van der Waals surface area contributed by atoms with E-state index in [2.05, 4.69) is 87.8 Å². The van der Waals surface area contributed by atoms with Crippen molar-refractivity contribution in [2.24, 2.45) is 11.0 Å². The van der Waals surface area contributed by atoms with Gasteiger partial charge < -0.3 is 14.1 Å². The summed E-state index contributed by atoms with van der Waals surface area (Å²) in [7, 11) is -1.92. The lowest BCUT2D eigenvalue weighted by molar-refractivity contribution is -0.153. The molecule has 0 spiro atoms. The van der Waals surface area contributed by atoms with Crippen LogP contribution in [0.4, 0.5) is 0 Å². The molecule has 0 aromatic carbocycles. The minimum atomic E-state index is -2.40. The van der Waals surface area contributed by atoms with Gasteiger partial charge in [-0.05, 0) is 33.2 Å². The molecule has 0 saturated heterocycles. The van der Waals surface area contributed by atoms with Gasteiger partial charge >= 0.3 is 11.9 Å². The van der Waals surface area contributed by atoms with E-state index in [0.717, 1.165) is 5.33 Å². The Labute approximate surface area is 205 Å². The molecule has 1 aliphatic rings. The molecule has 0 radical (unpaired) electrons. The number of hydrazone groups is 1. The van der Waals surface area contributed by atoms with Crippen LogP contribution in [0.25, 0.3) is 0 Å². The summed E-state index contributed by atoms with van der Waals surface area (Å²) < 4.78 is 12.8. The fraction of sp³-hybridized carbons (Fsp3) is 0.880. The zero-order chi connectivity index (χ0) is 26.0. The van der Waals surface area contributed by atoms with Crippen molar-refractivity contribution in [3.05, 3.63) is 0 Å². The van der Waals surface area contributed by atoms with Crippen molar-refractivity contribution in [1.82, 2.24) is 4.67 Å². The van der Waals surface area contributed by atoms with Gasteiger partial charge in [0.25, 0.3) is 0 Å². The molecule has 0 aromatic heterocycles. The highest BCUT2D eigenvalue weighted by Gasteiger charge is 2.63. The molecule has 0 aromatic rings. The number of carbonyl (C=O) groups is 2.